The van der Waals surface area contributed by atoms with E-state index in [2.05, 4.69) is 41.5 Å². The summed E-state index contributed by atoms with van der Waals surface area (Å²) in [5.41, 5.74) is 3.07. The second-order valence-electron chi connectivity index (χ2n) is 8.07. The van der Waals surface area contributed by atoms with Gasteiger partial charge in [0.15, 0.2) is 0 Å². The first-order valence-electron chi connectivity index (χ1n) is 10.5. The molecular formula is C25H27ClN2O. The Hall–Kier alpha value is -2.39. The molecule has 150 valence electrons. The topological polar surface area (TPSA) is 42.0 Å². The van der Waals surface area contributed by atoms with Crippen molar-refractivity contribution in [1.29, 1.82) is 0 Å². The van der Waals surface area contributed by atoms with Gasteiger partial charge in [0.05, 0.1) is 5.52 Å². The van der Waals surface area contributed by atoms with Crippen molar-refractivity contribution in [3.63, 3.8) is 0 Å². The number of rotatable bonds is 5. The summed E-state index contributed by atoms with van der Waals surface area (Å²) in [6.07, 6.45) is 7.57. The number of aromatic nitrogens is 1. The lowest BCUT2D eigenvalue weighted by Gasteiger charge is -2.34. The second-order valence-corrected chi connectivity index (χ2v) is 8.50. The van der Waals surface area contributed by atoms with Crippen LogP contribution >= 0.6 is 11.6 Å². The minimum absolute atomic E-state index is 0.00521. The fraction of sp³-hybridized carbons (Fsp3) is 0.360. The normalized spacial score (nSPS) is 20.3. The molecule has 4 heteroatoms. The highest BCUT2D eigenvalue weighted by Crippen LogP contribution is 2.38. The Kier molecular flexibility index (Phi) is 6.15. The smallest absolute Gasteiger partial charge is 0.251 e. The van der Waals surface area contributed by atoms with Crippen molar-refractivity contribution < 1.29 is 4.79 Å². The van der Waals surface area contributed by atoms with Crippen molar-refractivity contribution in [3.05, 3.63) is 76.9 Å². The summed E-state index contributed by atoms with van der Waals surface area (Å²) < 4.78 is 0. The number of benzene rings is 2. The van der Waals surface area contributed by atoms with Gasteiger partial charge in [0.25, 0.3) is 5.91 Å². The van der Waals surface area contributed by atoms with Crippen molar-refractivity contribution in [3.8, 4) is 0 Å². The van der Waals surface area contributed by atoms with Crippen molar-refractivity contribution in [1.82, 2.24) is 10.3 Å². The fourth-order valence-electron chi connectivity index (χ4n) is 4.57. The van der Waals surface area contributed by atoms with Crippen LogP contribution in [0.5, 0.6) is 0 Å². The molecule has 1 fully saturated rings. The van der Waals surface area contributed by atoms with Crippen LogP contribution in [-0.2, 0) is 0 Å². The van der Waals surface area contributed by atoms with Gasteiger partial charge in [-0.2, -0.15) is 0 Å². The number of hydrogen-bond acceptors (Lipinski definition) is 2. The van der Waals surface area contributed by atoms with E-state index in [0.29, 0.717) is 22.4 Å². The molecule has 3 aromatic rings. The van der Waals surface area contributed by atoms with Crippen molar-refractivity contribution >= 4 is 28.4 Å². The molecule has 0 aliphatic heterocycles. The molecule has 0 saturated heterocycles. The predicted octanol–water partition coefficient (Wildman–Crippen LogP) is 6.37. The van der Waals surface area contributed by atoms with E-state index in [0.717, 1.165) is 37.6 Å². The Labute approximate surface area is 177 Å². The molecule has 4 rings (SSSR count). The van der Waals surface area contributed by atoms with Crippen LogP contribution in [0.2, 0.25) is 5.02 Å². The number of halogens is 1. The lowest BCUT2D eigenvalue weighted by molar-refractivity contribution is 0.0909. The molecule has 1 aliphatic rings. The Morgan fingerprint density at radius 1 is 1.10 bits per heavy atom. The van der Waals surface area contributed by atoms with Gasteiger partial charge in [-0.1, -0.05) is 36.7 Å². The molecule has 1 aliphatic carbocycles. The van der Waals surface area contributed by atoms with E-state index in [4.69, 9.17) is 11.6 Å². The van der Waals surface area contributed by atoms with E-state index >= 15 is 0 Å². The zero-order chi connectivity index (χ0) is 20.2. The molecule has 0 spiro atoms. The molecule has 1 amide bonds. The summed E-state index contributed by atoms with van der Waals surface area (Å²) in [7, 11) is 0. The number of para-hydroxylation sites is 1. The van der Waals surface area contributed by atoms with Crippen LogP contribution in [-0.4, -0.2) is 16.9 Å². The number of hydrogen-bond donors (Lipinski definition) is 1. The van der Waals surface area contributed by atoms with Gasteiger partial charge < -0.3 is 5.32 Å². The minimum atomic E-state index is -0.00521. The standard InChI is InChI=1S/C25H27ClN2O/c1-2-23(28-25(29)19-11-13-22(26)14-12-19)18-9-7-17(8-10-18)21-15-20-5-3-4-6-24(20)27-16-21/h3-6,11-18,23H,2,7-10H2,1H3,(H,28,29)/t17-,18-,23-/m0/s1. The molecule has 0 radical (unpaired) electrons. The van der Waals surface area contributed by atoms with Gasteiger partial charge in [0.1, 0.15) is 0 Å². The number of pyridine rings is 1. The van der Waals surface area contributed by atoms with Crippen LogP contribution in [0.4, 0.5) is 0 Å². The Morgan fingerprint density at radius 3 is 2.55 bits per heavy atom. The first-order valence-corrected chi connectivity index (χ1v) is 10.9. The van der Waals surface area contributed by atoms with Crippen molar-refractivity contribution in [2.45, 2.75) is 51.0 Å². The molecule has 1 aromatic heterocycles. The van der Waals surface area contributed by atoms with Crippen molar-refractivity contribution in [2.24, 2.45) is 5.92 Å². The summed E-state index contributed by atoms with van der Waals surface area (Å²) in [4.78, 5) is 17.3. The van der Waals surface area contributed by atoms with E-state index in [1.165, 1.54) is 10.9 Å². The number of carbonyl (C=O) groups excluding carboxylic acids is 1. The highest BCUT2D eigenvalue weighted by molar-refractivity contribution is 6.30. The zero-order valence-corrected chi connectivity index (χ0v) is 17.5. The maximum atomic E-state index is 12.6. The minimum Gasteiger partial charge on any atom is -0.349 e. The van der Waals surface area contributed by atoms with E-state index in [1.54, 1.807) is 24.3 Å². The van der Waals surface area contributed by atoms with Gasteiger partial charge in [-0.3, -0.25) is 9.78 Å². The number of carbonyl (C=O) groups is 1. The molecule has 3 nitrogen and oxygen atoms in total. The van der Waals surface area contributed by atoms with Gasteiger partial charge in [-0.25, -0.2) is 0 Å². The third-order valence-electron chi connectivity index (χ3n) is 6.29. The van der Waals surface area contributed by atoms with Gasteiger partial charge in [-0.05, 0) is 85.9 Å². The van der Waals surface area contributed by atoms with Gasteiger partial charge in [-0.15, -0.1) is 0 Å². The van der Waals surface area contributed by atoms with E-state index in [1.807, 2.05) is 12.3 Å². The van der Waals surface area contributed by atoms with Crippen molar-refractivity contribution in [2.75, 3.05) is 0 Å². The SMILES string of the molecule is CC[C@H](NC(=O)c1ccc(Cl)cc1)[C@H]1CC[C@H](c2cnc3ccccc3c2)CC1. The Morgan fingerprint density at radius 2 is 1.83 bits per heavy atom. The van der Waals surface area contributed by atoms with E-state index < -0.39 is 0 Å². The summed E-state index contributed by atoms with van der Waals surface area (Å²) in [5, 5.41) is 5.12. The molecule has 1 atom stereocenters. The number of nitrogens with zero attached hydrogens (tertiary/aromatic N) is 1. The van der Waals surface area contributed by atoms with Crippen LogP contribution in [0.25, 0.3) is 10.9 Å². The molecule has 0 unspecified atom stereocenters. The van der Waals surface area contributed by atoms with Gasteiger partial charge in [0.2, 0.25) is 0 Å². The third kappa shape index (κ3) is 4.62. The van der Waals surface area contributed by atoms with Crippen LogP contribution in [0.3, 0.4) is 0 Å². The Bertz CT molecular complexity index is 978. The van der Waals surface area contributed by atoms with E-state index in [9.17, 15) is 4.79 Å². The molecule has 1 heterocycles. The highest BCUT2D eigenvalue weighted by Gasteiger charge is 2.28. The van der Waals surface area contributed by atoms with Crippen LogP contribution in [0.1, 0.15) is 60.9 Å². The summed E-state index contributed by atoms with van der Waals surface area (Å²) >= 11 is 5.93. The maximum absolute atomic E-state index is 12.6. The van der Waals surface area contributed by atoms with E-state index in [-0.39, 0.29) is 11.9 Å². The lowest BCUT2D eigenvalue weighted by atomic mass is 9.75. The monoisotopic (exact) mass is 406 g/mol. The first kappa shape index (κ1) is 19.9. The van der Waals surface area contributed by atoms with Crippen LogP contribution in [0.15, 0.2) is 60.8 Å². The molecule has 1 saturated carbocycles. The number of fused-ring (bicyclic) bond motifs is 1. The molecule has 2 aromatic carbocycles. The average molecular weight is 407 g/mol. The van der Waals surface area contributed by atoms with Crippen LogP contribution < -0.4 is 5.32 Å². The largest absolute Gasteiger partial charge is 0.349 e. The lowest BCUT2D eigenvalue weighted by Crippen LogP contribution is -2.41. The molecule has 1 N–H and O–H groups in total. The summed E-state index contributed by atoms with van der Waals surface area (Å²) in [5.74, 6) is 1.09. The van der Waals surface area contributed by atoms with Crippen LogP contribution in [0, 0.1) is 5.92 Å². The quantitative estimate of drug-likeness (QED) is 0.534. The zero-order valence-electron chi connectivity index (χ0n) is 16.8. The Balaban J connectivity index is 1.38. The second kappa shape index (κ2) is 8.96. The highest BCUT2D eigenvalue weighted by atomic mass is 35.5. The summed E-state index contributed by atoms with van der Waals surface area (Å²) in [6, 6.07) is 17.9. The first-order chi connectivity index (χ1) is 14.1. The maximum Gasteiger partial charge on any atom is 0.251 e. The van der Waals surface area contributed by atoms with Gasteiger partial charge in [0, 0.05) is 28.2 Å². The molecular weight excluding hydrogens is 380 g/mol. The predicted molar refractivity (Wildman–Crippen MR) is 119 cm³/mol. The number of amides is 1. The summed E-state index contributed by atoms with van der Waals surface area (Å²) in [6.45, 7) is 2.16. The third-order valence-corrected chi connectivity index (χ3v) is 6.54. The fourth-order valence-corrected chi connectivity index (χ4v) is 4.70. The molecule has 29 heavy (non-hydrogen) atoms. The van der Waals surface area contributed by atoms with Gasteiger partial charge >= 0.3 is 0 Å². The number of nitrogens with one attached hydrogen (secondary N) is 1. The molecule has 0 bridgehead atoms. The average Bonchev–Trinajstić information content (AvgIpc) is 2.77.